The Balaban J connectivity index is 1.86. The highest BCUT2D eigenvalue weighted by Crippen LogP contribution is 2.35. The van der Waals surface area contributed by atoms with Gasteiger partial charge >= 0.3 is 0 Å². The molecule has 0 radical (unpaired) electrons. The molecule has 6 N–H and O–H groups in total. The molecular weight excluding hydrogens is 486 g/mol. The molecule has 190 valence electrons. The Hall–Kier alpha value is -3.06. The molecule has 35 heavy (non-hydrogen) atoms. The van der Waals surface area contributed by atoms with Crippen LogP contribution in [0.4, 0.5) is 22.6 Å². The van der Waals surface area contributed by atoms with Crippen LogP contribution in [-0.4, -0.2) is 66.0 Å². The third kappa shape index (κ3) is 5.78. The van der Waals surface area contributed by atoms with Crippen molar-refractivity contribution in [1.82, 2.24) is 15.2 Å². The molecule has 1 aromatic heterocycles. The van der Waals surface area contributed by atoms with E-state index < -0.39 is 48.5 Å². The number of nitrogens with two attached hydrogens (primary N) is 2. The van der Waals surface area contributed by atoms with Crippen LogP contribution in [-0.2, 0) is 6.42 Å². The number of aliphatic imine (C=N–C) groups is 1. The Morgan fingerprint density at radius 2 is 2.17 bits per heavy atom. The minimum Gasteiger partial charge on any atom is -0.389 e. The maximum Gasteiger partial charge on any atom is 0.273 e. The summed E-state index contributed by atoms with van der Waals surface area (Å²) in [4.78, 5) is 22.3. The van der Waals surface area contributed by atoms with Gasteiger partial charge in [-0.15, -0.1) is 0 Å². The molecule has 0 saturated carbocycles. The van der Waals surface area contributed by atoms with Gasteiger partial charge in [-0.1, -0.05) is 24.3 Å². The lowest BCUT2D eigenvalue weighted by molar-refractivity contribution is -0.0207. The molecule has 1 aromatic carbocycles. The van der Waals surface area contributed by atoms with E-state index in [0.29, 0.717) is 6.42 Å². The smallest absolute Gasteiger partial charge is 0.273 e. The number of hydrogen-bond donors (Lipinski definition) is 4. The van der Waals surface area contributed by atoms with Gasteiger partial charge in [-0.3, -0.25) is 9.79 Å². The minimum absolute atomic E-state index is 0.0453. The molecule has 0 aliphatic carbocycles. The number of amidine groups is 1. The van der Waals surface area contributed by atoms with E-state index in [1.807, 2.05) is 0 Å². The number of thiazole rings is 1. The average molecular weight is 514 g/mol. The average Bonchev–Trinajstić information content (AvgIpc) is 3.10. The Labute approximate surface area is 203 Å². The van der Waals surface area contributed by atoms with Crippen molar-refractivity contribution in [2.75, 3.05) is 25.9 Å². The third-order valence-electron chi connectivity index (χ3n) is 5.67. The van der Waals surface area contributed by atoms with Gasteiger partial charge in [0.05, 0.1) is 12.1 Å². The van der Waals surface area contributed by atoms with Crippen molar-refractivity contribution in [3.63, 3.8) is 0 Å². The van der Waals surface area contributed by atoms with Crippen LogP contribution in [0.2, 0.25) is 0 Å². The van der Waals surface area contributed by atoms with E-state index in [1.54, 1.807) is 6.92 Å². The number of nitrogens with one attached hydrogen (secondary N) is 2. The first kappa shape index (κ1) is 26.5. The maximum absolute atomic E-state index is 14.8. The van der Waals surface area contributed by atoms with Crippen LogP contribution >= 0.6 is 11.3 Å². The first-order valence-electron chi connectivity index (χ1n) is 10.9. The highest BCUT2D eigenvalue weighted by molar-refractivity contribution is 7.19. The zero-order valence-corrected chi connectivity index (χ0v) is 20.1. The number of hydrogen-bond acceptors (Lipinski definition) is 7. The second-order valence-electron chi connectivity index (χ2n) is 8.21. The van der Waals surface area contributed by atoms with Gasteiger partial charge in [-0.2, -0.15) is 0 Å². The highest BCUT2D eigenvalue weighted by atomic mass is 32.1. The number of carbonyl (C=O) groups is 1. The van der Waals surface area contributed by atoms with Crippen molar-refractivity contribution < 1.29 is 22.4 Å². The first-order chi connectivity index (χ1) is 16.5. The summed E-state index contributed by atoms with van der Waals surface area (Å²) in [5.41, 5.74) is 11.3. The van der Waals surface area contributed by atoms with E-state index in [1.165, 1.54) is 18.0 Å². The molecular formula is C22H27F4N7OS. The molecule has 1 saturated heterocycles. The lowest BCUT2D eigenvalue weighted by Gasteiger charge is -2.30. The van der Waals surface area contributed by atoms with Gasteiger partial charge < -0.3 is 27.1 Å². The number of halogens is 4. The summed E-state index contributed by atoms with van der Waals surface area (Å²) in [6.07, 6.45) is 0.973. The molecule has 8 nitrogen and oxygen atoms in total. The molecule has 13 heteroatoms. The quantitative estimate of drug-likeness (QED) is 0.268. The molecule has 2 atom stereocenters. The second kappa shape index (κ2) is 10.7. The largest absolute Gasteiger partial charge is 0.389 e. The molecule has 1 aliphatic rings. The summed E-state index contributed by atoms with van der Waals surface area (Å²) in [5.74, 6) is -5.50. The van der Waals surface area contributed by atoms with Crippen molar-refractivity contribution in [3.8, 4) is 10.6 Å². The Morgan fingerprint density at radius 3 is 2.80 bits per heavy atom. The number of aryl methyl sites for hydroxylation is 1. The zero-order valence-electron chi connectivity index (χ0n) is 19.2. The van der Waals surface area contributed by atoms with E-state index in [9.17, 15) is 22.4 Å². The molecule has 3 rings (SSSR count). The molecule has 2 heterocycles. The predicted octanol–water partition coefficient (Wildman–Crippen LogP) is 3.07. The van der Waals surface area contributed by atoms with Crippen LogP contribution < -0.4 is 16.8 Å². The Morgan fingerprint density at radius 1 is 1.46 bits per heavy atom. The lowest BCUT2D eigenvalue weighted by Crippen LogP contribution is -2.52. The number of nitrogen functional groups attached to an aromatic ring is 1. The molecule has 2 aromatic rings. The monoisotopic (exact) mass is 513 g/mol. The summed E-state index contributed by atoms with van der Waals surface area (Å²) in [5, 5.41) is 10.0. The summed E-state index contributed by atoms with van der Waals surface area (Å²) < 4.78 is 57.7. The summed E-state index contributed by atoms with van der Waals surface area (Å²) in [7, 11) is 1.36. The van der Waals surface area contributed by atoms with Gasteiger partial charge in [0.25, 0.3) is 11.8 Å². The van der Waals surface area contributed by atoms with Crippen LogP contribution in [0.3, 0.4) is 0 Å². The lowest BCUT2D eigenvalue weighted by atomic mass is 10.1. The highest BCUT2D eigenvalue weighted by Gasteiger charge is 2.39. The van der Waals surface area contributed by atoms with E-state index in [2.05, 4.69) is 15.3 Å². The van der Waals surface area contributed by atoms with Crippen molar-refractivity contribution in [2.45, 2.75) is 44.2 Å². The summed E-state index contributed by atoms with van der Waals surface area (Å²) >= 11 is 0.738. The standard InChI is InChI=1S/C22H27F4N7OS/c1-3-11-4-5-13(23)15(16(11)24)21-32-17(18(29)35-21)20(34)31-14(9-27)19(30-2)33-7-6-12(28)8-22(25,26)10-33/h4-5,9,12,14,27H,3,6-8,10,28-29H2,1-2H3,(H,31,34). The van der Waals surface area contributed by atoms with E-state index in [-0.39, 0.29) is 45.6 Å². The number of likely N-dealkylation sites (tertiary alicyclic amines) is 1. The number of carbonyl (C=O) groups excluding carboxylic acids is 1. The fourth-order valence-corrected chi connectivity index (χ4v) is 4.83. The Bertz CT molecular complexity index is 1140. The summed E-state index contributed by atoms with van der Waals surface area (Å²) in [6.45, 7) is 1.22. The minimum atomic E-state index is -3.07. The third-order valence-corrected chi connectivity index (χ3v) is 6.57. The second-order valence-corrected chi connectivity index (χ2v) is 9.24. The van der Waals surface area contributed by atoms with Crippen LogP contribution in [0.15, 0.2) is 17.1 Å². The zero-order chi connectivity index (χ0) is 25.9. The van der Waals surface area contributed by atoms with Gasteiger partial charge in [0, 0.05) is 32.3 Å². The maximum atomic E-state index is 14.8. The van der Waals surface area contributed by atoms with Gasteiger partial charge in [-0.05, 0) is 24.5 Å². The SMILES string of the molecule is CCc1ccc(F)c(-c2nc(C(=O)NC(C=N)C(=NC)N3CCC(N)CC(F)(F)C3)c(N)s2)c1F. The van der Waals surface area contributed by atoms with Crippen molar-refractivity contribution in [3.05, 3.63) is 35.0 Å². The number of amides is 1. The number of benzene rings is 1. The number of anilines is 1. The molecule has 0 bridgehead atoms. The fraction of sp³-hybridized carbons (Fsp3) is 0.455. The topological polar surface area (TPSA) is 133 Å². The molecule has 1 aliphatic heterocycles. The van der Waals surface area contributed by atoms with E-state index >= 15 is 0 Å². The summed E-state index contributed by atoms with van der Waals surface area (Å²) in [6, 6.07) is 0.588. The Kier molecular flexibility index (Phi) is 8.11. The van der Waals surface area contributed by atoms with Gasteiger partial charge in [0.15, 0.2) is 5.69 Å². The molecule has 2 unspecified atom stereocenters. The predicted molar refractivity (Wildman–Crippen MR) is 128 cm³/mol. The van der Waals surface area contributed by atoms with Crippen molar-refractivity contribution in [2.24, 2.45) is 10.7 Å². The number of alkyl halides is 2. The van der Waals surface area contributed by atoms with Crippen molar-refractivity contribution in [1.29, 1.82) is 5.41 Å². The number of aromatic nitrogens is 1. The normalized spacial score (nSPS) is 19.2. The first-order valence-corrected chi connectivity index (χ1v) is 11.7. The molecule has 0 spiro atoms. The fourth-order valence-electron chi connectivity index (χ4n) is 3.96. The number of nitrogens with zero attached hydrogens (tertiary/aromatic N) is 3. The van der Waals surface area contributed by atoms with Crippen LogP contribution in [0.25, 0.3) is 10.6 Å². The number of rotatable bonds is 6. The van der Waals surface area contributed by atoms with Gasteiger partial charge in [0.2, 0.25) is 0 Å². The molecule has 1 fully saturated rings. The molecule has 1 amide bonds. The van der Waals surface area contributed by atoms with Gasteiger partial charge in [-0.25, -0.2) is 22.5 Å². The van der Waals surface area contributed by atoms with E-state index in [0.717, 1.165) is 23.6 Å². The van der Waals surface area contributed by atoms with Gasteiger partial charge in [0.1, 0.15) is 33.5 Å². The van der Waals surface area contributed by atoms with Crippen molar-refractivity contribution >= 4 is 34.3 Å². The van der Waals surface area contributed by atoms with Crippen LogP contribution in [0.1, 0.15) is 35.8 Å². The van der Waals surface area contributed by atoms with E-state index in [4.69, 9.17) is 16.9 Å². The van der Waals surface area contributed by atoms with Crippen LogP contribution in [0, 0.1) is 17.0 Å². The van der Waals surface area contributed by atoms with Crippen LogP contribution in [0.5, 0.6) is 0 Å².